The van der Waals surface area contributed by atoms with Crippen LogP contribution in [0.2, 0.25) is 0 Å². The number of likely N-dealkylation sites (tertiary alicyclic amines) is 1. The molecule has 1 aliphatic rings. The smallest absolute Gasteiger partial charge is 0.256 e. The van der Waals surface area contributed by atoms with Gasteiger partial charge in [0.15, 0.2) is 0 Å². The van der Waals surface area contributed by atoms with Crippen molar-refractivity contribution in [1.29, 1.82) is 0 Å². The van der Waals surface area contributed by atoms with E-state index in [1.54, 1.807) is 25.4 Å². The quantitative estimate of drug-likeness (QED) is 0.738. The molecule has 7 nitrogen and oxygen atoms in total. The van der Waals surface area contributed by atoms with Crippen molar-refractivity contribution in [3.8, 4) is 0 Å². The molecule has 2 atom stereocenters. The number of carbonyl (C=O) groups is 3. The molecule has 27 heavy (non-hydrogen) atoms. The summed E-state index contributed by atoms with van der Waals surface area (Å²) in [6, 6.07) is 5.81. The second kappa shape index (κ2) is 8.03. The highest BCUT2D eigenvalue weighted by Gasteiger charge is 2.40. The molecule has 2 heterocycles. The van der Waals surface area contributed by atoms with E-state index in [1.165, 1.54) is 29.2 Å². The molecule has 3 rings (SSSR count). The van der Waals surface area contributed by atoms with Gasteiger partial charge < -0.3 is 20.5 Å². The van der Waals surface area contributed by atoms with Gasteiger partial charge in [-0.05, 0) is 43.7 Å². The van der Waals surface area contributed by atoms with Crippen LogP contribution < -0.4 is 10.6 Å². The Morgan fingerprint density at radius 2 is 1.93 bits per heavy atom. The molecule has 0 unspecified atom stereocenters. The van der Waals surface area contributed by atoms with Crippen LogP contribution in [0.15, 0.2) is 42.7 Å². The zero-order valence-electron chi connectivity index (χ0n) is 14.9. The lowest BCUT2D eigenvalue weighted by Gasteiger charge is -2.23. The Morgan fingerprint density at radius 1 is 1.19 bits per heavy atom. The number of hydrogen-bond donors (Lipinski definition) is 3. The zero-order chi connectivity index (χ0) is 19.4. The van der Waals surface area contributed by atoms with Gasteiger partial charge in [0.1, 0.15) is 11.9 Å². The summed E-state index contributed by atoms with van der Waals surface area (Å²) >= 11 is 0. The minimum atomic E-state index is -0.661. The van der Waals surface area contributed by atoms with Crippen LogP contribution in [0.25, 0.3) is 0 Å². The minimum Gasteiger partial charge on any atom is -0.367 e. The first kappa shape index (κ1) is 18.6. The molecule has 142 valence electrons. The van der Waals surface area contributed by atoms with Crippen LogP contribution >= 0.6 is 0 Å². The highest BCUT2D eigenvalue weighted by atomic mass is 19.1. The van der Waals surface area contributed by atoms with Crippen LogP contribution in [0.4, 0.5) is 4.39 Å². The molecule has 1 aromatic heterocycles. The number of carbonyl (C=O) groups excluding carboxylic acids is 3. The molecule has 1 fully saturated rings. The fourth-order valence-corrected chi connectivity index (χ4v) is 3.20. The Labute approximate surface area is 155 Å². The summed E-state index contributed by atoms with van der Waals surface area (Å²) in [7, 11) is 0. The molecular formula is C19H21FN4O3. The third-order valence-corrected chi connectivity index (χ3v) is 4.50. The molecule has 8 heteroatoms. The molecule has 1 saturated heterocycles. The molecule has 1 aromatic carbocycles. The van der Waals surface area contributed by atoms with Crippen LogP contribution in [-0.4, -0.2) is 52.8 Å². The number of halogens is 1. The highest BCUT2D eigenvalue weighted by molar-refractivity contribution is 5.98. The Kier molecular flexibility index (Phi) is 5.54. The number of aromatic nitrogens is 1. The van der Waals surface area contributed by atoms with Crippen molar-refractivity contribution < 1.29 is 18.8 Å². The van der Waals surface area contributed by atoms with E-state index in [0.717, 1.165) is 0 Å². The van der Waals surface area contributed by atoms with Crippen molar-refractivity contribution in [3.63, 3.8) is 0 Å². The van der Waals surface area contributed by atoms with E-state index in [-0.39, 0.29) is 30.3 Å². The van der Waals surface area contributed by atoms with E-state index in [2.05, 4.69) is 15.6 Å². The van der Waals surface area contributed by atoms with E-state index < -0.39 is 11.9 Å². The predicted molar refractivity (Wildman–Crippen MR) is 96.6 cm³/mol. The lowest BCUT2D eigenvalue weighted by molar-refractivity contribution is -0.124. The van der Waals surface area contributed by atoms with Gasteiger partial charge in [-0.2, -0.15) is 0 Å². The monoisotopic (exact) mass is 372 g/mol. The highest BCUT2D eigenvalue weighted by Crippen LogP contribution is 2.21. The average Bonchev–Trinajstić information content (AvgIpc) is 3.32. The van der Waals surface area contributed by atoms with Gasteiger partial charge in [0.25, 0.3) is 11.8 Å². The summed E-state index contributed by atoms with van der Waals surface area (Å²) in [5.41, 5.74) is 0.774. The van der Waals surface area contributed by atoms with E-state index >= 15 is 0 Å². The summed E-state index contributed by atoms with van der Waals surface area (Å²) in [6.45, 7) is 2.48. The van der Waals surface area contributed by atoms with Crippen LogP contribution in [0.5, 0.6) is 0 Å². The fraction of sp³-hybridized carbons (Fsp3) is 0.316. The van der Waals surface area contributed by atoms with E-state index in [1.807, 2.05) is 0 Å². The molecule has 0 saturated carbocycles. The number of amides is 3. The maximum atomic E-state index is 13.0. The van der Waals surface area contributed by atoms with Gasteiger partial charge in [0.05, 0.1) is 5.56 Å². The molecule has 3 amide bonds. The zero-order valence-corrected chi connectivity index (χ0v) is 14.9. The summed E-state index contributed by atoms with van der Waals surface area (Å²) in [4.78, 5) is 41.8. The van der Waals surface area contributed by atoms with E-state index in [4.69, 9.17) is 0 Å². The fourth-order valence-electron chi connectivity index (χ4n) is 3.20. The Balaban J connectivity index is 1.73. The molecule has 2 aromatic rings. The van der Waals surface area contributed by atoms with Crippen molar-refractivity contribution >= 4 is 17.7 Å². The molecule has 0 bridgehead atoms. The van der Waals surface area contributed by atoms with Crippen molar-refractivity contribution in [2.45, 2.75) is 25.4 Å². The van der Waals surface area contributed by atoms with E-state index in [0.29, 0.717) is 24.1 Å². The molecular weight excluding hydrogens is 351 g/mol. The number of nitrogens with one attached hydrogen (secondary N) is 3. The summed E-state index contributed by atoms with van der Waals surface area (Å²) in [5, 5.41) is 5.56. The van der Waals surface area contributed by atoms with Crippen molar-refractivity contribution in [1.82, 2.24) is 20.5 Å². The van der Waals surface area contributed by atoms with Crippen molar-refractivity contribution in [3.05, 3.63) is 59.7 Å². The maximum absolute atomic E-state index is 13.0. The third-order valence-electron chi connectivity index (χ3n) is 4.50. The lowest BCUT2D eigenvalue weighted by Crippen LogP contribution is -2.45. The van der Waals surface area contributed by atoms with Gasteiger partial charge in [-0.3, -0.25) is 14.4 Å². The number of aromatic amines is 1. The maximum Gasteiger partial charge on any atom is 0.256 e. The lowest BCUT2D eigenvalue weighted by atomic mass is 10.1. The number of likely N-dealkylation sites (N-methyl/N-ethyl adjacent to an activating group) is 1. The SMILES string of the molecule is CCNC(=O)[C@@H]1C[C@@H](NC(=O)c2ccc(F)cc2)CN1C(=O)c1cc[nH]c1. The molecule has 1 aliphatic heterocycles. The standard InChI is InChI=1S/C19H21FN4O3/c1-2-22-18(26)16-9-15(11-24(16)19(27)13-7-8-21-10-13)23-17(25)12-3-5-14(20)6-4-12/h3-8,10,15-16,21H,2,9,11H2,1H3,(H,22,26)(H,23,25)/t15-,16+/m1/s1. The van der Waals surface area contributed by atoms with Gasteiger partial charge in [-0.25, -0.2) is 4.39 Å². The Bertz CT molecular complexity index is 820. The Morgan fingerprint density at radius 3 is 2.56 bits per heavy atom. The molecule has 0 aliphatic carbocycles. The summed E-state index contributed by atoms with van der Waals surface area (Å²) in [5.74, 6) is -1.32. The third kappa shape index (κ3) is 4.16. The molecule has 0 radical (unpaired) electrons. The first-order valence-corrected chi connectivity index (χ1v) is 8.77. The first-order valence-electron chi connectivity index (χ1n) is 8.77. The normalized spacial score (nSPS) is 19.0. The first-order chi connectivity index (χ1) is 13.0. The molecule has 3 N–H and O–H groups in total. The van der Waals surface area contributed by atoms with Crippen LogP contribution in [0.1, 0.15) is 34.1 Å². The van der Waals surface area contributed by atoms with Crippen LogP contribution in [0.3, 0.4) is 0 Å². The second-order valence-electron chi connectivity index (χ2n) is 6.38. The summed E-state index contributed by atoms with van der Waals surface area (Å²) < 4.78 is 13.0. The number of rotatable bonds is 5. The minimum absolute atomic E-state index is 0.221. The number of hydrogen-bond acceptors (Lipinski definition) is 3. The van der Waals surface area contributed by atoms with Crippen LogP contribution in [-0.2, 0) is 4.79 Å². The van der Waals surface area contributed by atoms with E-state index in [9.17, 15) is 18.8 Å². The van der Waals surface area contributed by atoms with Crippen molar-refractivity contribution in [2.75, 3.05) is 13.1 Å². The number of nitrogens with zero attached hydrogens (tertiary/aromatic N) is 1. The largest absolute Gasteiger partial charge is 0.367 e. The molecule has 0 spiro atoms. The van der Waals surface area contributed by atoms with Gasteiger partial charge in [-0.1, -0.05) is 0 Å². The van der Waals surface area contributed by atoms with Gasteiger partial charge >= 0.3 is 0 Å². The second-order valence-corrected chi connectivity index (χ2v) is 6.38. The van der Waals surface area contributed by atoms with Gasteiger partial charge in [0, 0.05) is 37.1 Å². The Hall–Kier alpha value is -3.16. The topological polar surface area (TPSA) is 94.3 Å². The predicted octanol–water partition coefficient (Wildman–Crippen LogP) is 1.30. The van der Waals surface area contributed by atoms with Crippen molar-refractivity contribution in [2.24, 2.45) is 0 Å². The van der Waals surface area contributed by atoms with Gasteiger partial charge in [-0.15, -0.1) is 0 Å². The van der Waals surface area contributed by atoms with Gasteiger partial charge in [0.2, 0.25) is 5.91 Å². The average molecular weight is 372 g/mol. The number of H-pyrrole nitrogens is 1. The summed E-state index contributed by atoms with van der Waals surface area (Å²) in [6.07, 6.45) is 3.52. The van der Waals surface area contributed by atoms with Crippen LogP contribution in [0, 0.1) is 5.82 Å². The number of benzene rings is 1.